The minimum Gasteiger partial charge on any atom is -0.463 e. The van der Waals surface area contributed by atoms with Crippen LogP contribution in [0.1, 0.15) is 54.8 Å². The smallest absolute Gasteiger partial charge is 0.373 e. The maximum atomic E-state index is 11.3. The molecule has 6 nitrogen and oxygen atoms in total. The second kappa shape index (κ2) is 7.71. The molecule has 0 unspecified atom stereocenters. The molecule has 3 N–H and O–H groups in total. The molecule has 0 aromatic carbocycles. The number of guanidine groups is 1. The first-order chi connectivity index (χ1) is 10.2. The minimum absolute atomic E-state index is 0.179. The SMILES string of the molecule is COC(=O)c1ccc(CN=C(N)NC2CCCCCC2)o1. The number of furan rings is 1. The van der Waals surface area contributed by atoms with Crippen molar-refractivity contribution in [3.05, 3.63) is 23.7 Å². The van der Waals surface area contributed by atoms with Gasteiger partial charge in [-0.1, -0.05) is 25.7 Å². The number of carbonyl (C=O) groups is 1. The quantitative estimate of drug-likeness (QED) is 0.384. The van der Waals surface area contributed by atoms with Gasteiger partial charge in [0, 0.05) is 6.04 Å². The van der Waals surface area contributed by atoms with Crippen LogP contribution >= 0.6 is 0 Å². The molecule has 2 rings (SSSR count). The van der Waals surface area contributed by atoms with Gasteiger partial charge in [0.25, 0.3) is 0 Å². The van der Waals surface area contributed by atoms with Crippen LogP contribution in [0.25, 0.3) is 0 Å². The van der Waals surface area contributed by atoms with E-state index in [1.54, 1.807) is 12.1 Å². The van der Waals surface area contributed by atoms with Crippen LogP contribution in [-0.4, -0.2) is 25.1 Å². The highest BCUT2D eigenvalue weighted by atomic mass is 16.5. The Labute approximate surface area is 124 Å². The Morgan fingerprint density at radius 3 is 2.76 bits per heavy atom. The van der Waals surface area contributed by atoms with Crippen molar-refractivity contribution in [3.8, 4) is 0 Å². The minimum atomic E-state index is -0.491. The average molecular weight is 293 g/mol. The summed E-state index contributed by atoms with van der Waals surface area (Å²) < 4.78 is 9.91. The van der Waals surface area contributed by atoms with Gasteiger partial charge >= 0.3 is 5.97 Å². The monoisotopic (exact) mass is 293 g/mol. The highest BCUT2D eigenvalue weighted by Crippen LogP contribution is 2.17. The highest BCUT2D eigenvalue weighted by Gasteiger charge is 2.13. The third-order valence-corrected chi connectivity index (χ3v) is 3.66. The van der Waals surface area contributed by atoms with Gasteiger partial charge in [-0.05, 0) is 25.0 Å². The molecule has 0 amide bonds. The van der Waals surface area contributed by atoms with Crippen LogP contribution in [0.4, 0.5) is 0 Å². The van der Waals surface area contributed by atoms with Crippen molar-refractivity contribution in [1.82, 2.24) is 5.32 Å². The zero-order valence-electron chi connectivity index (χ0n) is 12.4. The summed E-state index contributed by atoms with van der Waals surface area (Å²) in [5.74, 6) is 0.701. The van der Waals surface area contributed by atoms with E-state index < -0.39 is 5.97 Å². The van der Waals surface area contributed by atoms with E-state index in [4.69, 9.17) is 10.2 Å². The topological polar surface area (TPSA) is 89.8 Å². The molecule has 1 heterocycles. The number of ether oxygens (including phenoxy) is 1. The van der Waals surface area contributed by atoms with Crippen molar-refractivity contribution >= 4 is 11.9 Å². The predicted octanol–water partition coefficient (Wildman–Crippen LogP) is 2.19. The summed E-state index contributed by atoms with van der Waals surface area (Å²) in [6, 6.07) is 3.69. The average Bonchev–Trinajstić information content (AvgIpc) is 2.82. The Morgan fingerprint density at radius 2 is 2.10 bits per heavy atom. The molecule has 1 aliphatic rings. The van der Waals surface area contributed by atoms with Crippen LogP contribution in [0.15, 0.2) is 21.5 Å². The normalized spacial score (nSPS) is 17.3. The van der Waals surface area contributed by atoms with E-state index in [-0.39, 0.29) is 5.76 Å². The zero-order valence-corrected chi connectivity index (χ0v) is 12.4. The molecule has 1 aliphatic carbocycles. The molecule has 0 aliphatic heterocycles. The van der Waals surface area contributed by atoms with Gasteiger partial charge in [-0.25, -0.2) is 9.79 Å². The number of esters is 1. The summed E-state index contributed by atoms with van der Waals surface area (Å²) in [5, 5.41) is 3.26. The standard InChI is InChI=1S/C15H23N3O3/c1-20-14(19)13-9-8-12(21-13)10-17-15(16)18-11-6-4-2-3-5-7-11/h8-9,11H,2-7,10H2,1H3,(H3,16,17,18). The van der Waals surface area contributed by atoms with Gasteiger partial charge < -0.3 is 20.2 Å². The fraction of sp³-hybridized carbons (Fsp3) is 0.600. The van der Waals surface area contributed by atoms with Crippen LogP contribution in [0.2, 0.25) is 0 Å². The molecular formula is C15H23N3O3. The van der Waals surface area contributed by atoms with Gasteiger partial charge in [0.15, 0.2) is 5.96 Å². The zero-order chi connectivity index (χ0) is 15.1. The molecule has 0 spiro atoms. The summed E-state index contributed by atoms with van der Waals surface area (Å²) in [6.45, 7) is 0.308. The number of hydrogen-bond donors (Lipinski definition) is 2. The predicted molar refractivity (Wildman–Crippen MR) is 80.0 cm³/mol. The van der Waals surface area contributed by atoms with Gasteiger partial charge in [0.05, 0.1) is 7.11 Å². The molecule has 0 radical (unpaired) electrons. The van der Waals surface area contributed by atoms with Crippen molar-refractivity contribution in [3.63, 3.8) is 0 Å². The molecule has 116 valence electrons. The Morgan fingerprint density at radius 1 is 1.38 bits per heavy atom. The molecule has 1 fully saturated rings. The molecule has 0 saturated heterocycles. The maximum absolute atomic E-state index is 11.3. The van der Waals surface area contributed by atoms with Gasteiger partial charge in [-0.15, -0.1) is 0 Å². The molecule has 1 aromatic rings. The molecule has 21 heavy (non-hydrogen) atoms. The first-order valence-electron chi connectivity index (χ1n) is 7.42. The van der Waals surface area contributed by atoms with Gasteiger partial charge in [-0.3, -0.25) is 0 Å². The molecule has 1 aromatic heterocycles. The largest absolute Gasteiger partial charge is 0.463 e. The van der Waals surface area contributed by atoms with E-state index in [9.17, 15) is 4.79 Å². The second-order valence-corrected chi connectivity index (χ2v) is 5.29. The van der Waals surface area contributed by atoms with Crippen molar-refractivity contribution < 1.29 is 13.9 Å². The summed E-state index contributed by atoms with van der Waals surface area (Å²) >= 11 is 0. The third-order valence-electron chi connectivity index (χ3n) is 3.66. The summed E-state index contributed by atoms with van der Waals surface area (Å²) in [6.07, 6.45) is 7.38. The lowest BCUT2D eigenvalue weighted by molar-refractivity contribution is 0.0563. The number of hydrogen-bond acceptors (Lipinski definition) is 4. The number of nitrogens with two attached hydrogens (primary N) is 1. The molecule has 6 heteroatoms. The van der Waals surface area contributed by atoms with Gasteiger partial charge in [-0.2, -0.15) is 0 Å². The van der Waals surface area contributed by atoms with Crippen LogP contribution in [-0.2, 0) is 11.3 Å². The van der Waals surface area contributed by atoms with Crippen molar-refractivity contribution in [2.75, 3.05) is 7.11 Å². The lowest BCUT2D eigenvalue weighted by Crippen LogP contribution is -2.39. The van der Waals surface area contributed by atoms with E-state index in [0.29, 0.717) is 24.3 Å². The Kier molecular flexibility index (Phi) is 5.66. The van der Waals surface area contributed by atoms with E-state index in [1.165, 1.54) is 32.8 Å². The number of methoxy groups -OCH3 is 1. The van der Waals surface area contributed by atoms with Crippen LogP contribution < -0.4 is 11.1 Å². The van der Waals surface area contributed by atoms with E-state index in [0.717, 1.165) is 12.8 Å². The van der Waals surface area contributed by atoms with Crippen LogP contribution in [0, 0.1) is 0 Å². The number of carbonyl (C=O) groups excluding carboxylic acids is 1. The maximum Gasteiger partial charge on any atom is 0.373 e. The fourth-order valence-electron chi connectivity index (χ4n) is 2.51. The summed E-state index contributed by atoms with van der Waals surface area (Å²) in [5.41, 5.74) is 5.90. The lowest BCUT2D eigenvalue weighted by Gasteiger charge is -2.16. The van der Waals surface area contributed by atoms with E-state index in [2.05, 4.69) is 15.0 Å². The van der Waals surface area contributed by atoms with Crippen molar-refractivity contribution in [1.29, 1.82) is 0 Å². The second-order valence-electron chi connectivity index (χ2n) is 5.29. The van der Waals surface area contributed by atoms with E-state index >= 15 is 0 Å². The first kappa shape index (κ1) is 15.4. The Bertz CT molecular complexity index is 488. The first-order valence-corrected chi connectivity index (χ1v) is 7.42. The van der Waals surface area contributed by atoms with Crippen molar-refractivity contribution in [2.45, 2.75) is 51.1 Å². The fourth-order valence-corrected chi connectivity index (χ4v) is 2.51. The highest BCUT2D eigenvalue weighted by molar-refractivity contribution is 5.86. The molecular weight excluding hydrogens is 270 g/mol. The number of aliphatic imine (C=N–C) groups is 1. The molecule has 0 bridgehead atoms. The van der Waals surface area contributed by atoms with Crippen molar-refractivity contribution in [2.24, 2.45) is 10.7 Å². The number of nitrogens with one attached hydrogen (secondary N) is 1. The van der Waals surface area contributed by atoms with E-state index in [1.807, 2.05) is 0 Å². The number of rotatable bonds is 4. The molecule has 0 atom stereocenters. The van der Waals surface area contributed by atoms with Crippen LogP contribution in [0.5, 0.6) is 0 Å². The Hall–Kier alpha value is -1.98. The summed E-state index contributed by atoms with van der Waals surface area (Å²) in [7, 11) is 1.32. The number of nitrogens with zero attached hydrogens (tertiary/aromatic N) is 1. The third kappa shape index (κ3) is 4.81. The summed E-state index contributed by atoms with van der Waals surface area (Å²) in [4.78, 5) is 15.5. The van der Waals surface area contributed by atoms with Crippen LogP contribution in [0.3, 0.4) is 0 Å². The lowest BCUT2D eigenvalue weighted by atomic mass is 10.1. The van der Waals surface area contributed by atoms with Gasteiger partial charge in [0.1, 0.15) is 12.3 Å². The molecule has 1 saturated carbocycles. The van der Waals surface area contributed by atoms with Gasteiger partial charge in [0.2, 0.25) is 5.76 Å². The Balaban J connectivity index is 1.84.